The van der Waals surface area contributed by atoms with Crippen molar-refractivity contribution in [2.45, 2.75) is 17.9 Å². The Hall–Kier alpha value is -3.45. The van der Waals surface area contributed by atoms with Gasteiger partial charge in [0.05, 0.1) is 4.90 Å². The number of rotatable bonds is 5. The molecule has 0 saturated carbocycles. The highest BCUT2D eigenvalue weighted by Gasteiger charge is 2.30. The molecule has 162 valence electrons. The number of benzene rings is 3. The predicted molar refractivity (Wildman–Crippen MR) is 122 cm³/mol. The van der Waals surface area contributed by atoms with Crippen LogP contribution in [0, 0.1) is 5.82 Å². The molecule has 0 atom stereocenters. The highest BCUT2D eigenvalue weighted by atomic mass is 32.2. The molecule has 7 heteroatoms. The molecule has 4 aromatic rings. The summed E-state index contributed by atoms with van der Waals surface area (Å²) in [5.74, 6) is -1.34. The molecule has 0 spiro atoms. The minimum atomic E-state index is -3.88. The van der Waals surface area contributed by atoms with Gasteiger partial charge in [0.2, 0.25) is 5.91 Å². The van der Waals surface area contributed by atoms with Gasteiger partial charge >= 0.3 is 0 Å². The highest BCUT2D eigenvalue weighted by Crippen LogP contribution is 2.30. The van der Waals surface area contributed by atoms with E-state index in [0.29, 0.717) is 18.5 Å². The molecule has 5 nitrogen and oxygen atoms in total. The Balaban J connectivity index is 1.47. The first-order valence-electron chi connectivity index (χ1n) is 10.4. The number of amides is 1. The van der Waals surface area contributed by atoms with Crippen molar-refractivity contribution in [3.8, 4) is 0 Å². The fourth-order valence-corrected chi connectivity index (χ4v) is 5.73. The molecule has 0 bridgehead atoms. The zero-order chi connectivity index (χ0) is 22.3. The van der Waals surface area contributed by atoms with Crippen LogP contribution in [0.15, 0.2) is 83.9 Å². The number of anilines is 1. The molecule has 1 aromatic heterocycles. The van der Waals surface area contributed by atoms with Gasteiger partial charge in [0.15, 0.2) is 9.84 Å². The second-order valence-electron chi connectivity index (χ2n) is 7.95. The van der Waals surface area contributed by atoms with Gasteiger partial charge in [0, 0.05) is 35.9 Å². The van der Waals surface area contributed by atoms with E-state index in [1.54, 1.807) is 35.4 Å². The predicted octanol–water partition coefficient (Wildman–Crippen LogP) is 4.19. The first-order chi connectivity index (χ1) is 15.4. The average molecular weight is 449 g/mol. The van der Waals surface area contributed by atoms with Crippen molar-refractivity contribution in [3.63, 3.8) is 0 Å². The Morgan fingerprint density at radius 1 is 0.938 bits per heavy atom. The fourth-order valence-electron chi connectivity index (χ4n) is 4.29. The number of sulfone groups is 1. The Morgan fingerprint density at radius 3 is 2.47 bits per heavy atom. The van der Waals surface area contributed by atoms with Gasteiger partial charge in [-0.15, -0.1) is 0 Å². The van der Waals surface area contributed by atoms with E-state index in [9.17, 15) is 17.6 Å². The van der Waals surface area contributed by atoms with E-state index in [1.165, 1.54) is 12.1 Å². The Morgan fingerprint density at radius 2 is 1.66 bits per heavy atom. The molecule has 1 aliphatic rings. The maximum Gasteiger partial charge on any atom is 0.242 e. The van der Waals surface area contributed by atoms with E-state index >= 15 is 0 Å². The van der Waals surface area contributed by atoms with Crippen LogP contribution in [0.5, 0.6) is 0 Å². The van der Waals surface area contributed by atoms with Gasteiger partial charge in [0.25, 0.3) is 0 Å². The van der Waals surface area contributed by atoms with Gasteiger partial charge in [-0.1, -0.05) is 48.5 Å². The second-order valence-corrected chi connectivity index (χ2v) is 9.91. The molecule has 2 heterocycles. The maximum atomic E-state index is 13.3. The third-order valence-corrected chi connectivity index (χ3v) is 7.48. The third kappa shape index (κ3) is 3.69. The standard InChI is InChI=1S/C25H21FN2O3S/c26-20-11-9-18(10-12-20)15-27-16-24(21-6-2-4-8-23(21)27)32(30,31)17-25(29)28-14-13-19-5-1-3-7-22(19)28/h1-12,16H,13-15,17H2. The number of nitrogens with zero attached hydrogens (tertiary/aromatic N) is 2. The molecule has 0 aliphatic carbocycles. The number of carbonyl (C=O) groups excluding carboxylic acids is 1. The van der Waals surface area contributed by atoms with E-state index in [1.807, 2.05) is 41.0 Å². The summed E-state index contributed by atoms with van der Waals surface area (Å²) in [5.41, 5.74) is 3.43. The molecule has 1 aliphatic heterocycles. The number of carbonyl (C=O) groups is 1. The van der Waals surface area contributed by atoms with Crippen LogP contribution in [0.1, 0.15) is 11.1 Å². The monoisotopic (exact) mass is 448 g/mol. The summed E-state index contributed by atoms with van der Waals surface area (Å²) < 4.78 is 41.7. The average Bonchev–Trinajstić information content (AvgIpc) is 3.38. The number of aromatic nitrogens is 1. The molecular weight excluding hydrogens is 427 g/mol. The number of hydrogen-bond donors (Lipinski definition) is 0. The summed E-state index contributed by atoms with van der Waals surface area (Å²) in [6, 6.07) is 20.9. The summed E-state index contributed by atoms with van der Waals surface area (Å²) in [6.45, 7) is 0.879. The Labute approximate surface area is 185 Å². The quantitative estimate of drug-likeness (QED) is 0.460. The first kappa shape index (κ1) is 20.5. The lowest BCUT2D eigenvalue weighted by molar-refractivity contribution is -0.116. The van der Waals surface area contributed by atoms with E-state index in [-0.39, 0.29) is 10.7 Å². The van der Waals surface area contributed by atoms with Crippen molar-refractivity contribution >= 4 is 32.3 Å². The van der Waals surface area contributed by atoms with Gasteiger partial charge in [-0.05, 0) is 41.8 Å². The van der Waals surface area contributed by atoms with Crippen LogP contribution in [0.25, 0.3) is 10.9 Å². The second kappa shape index (κ2) is 7.91. The lowest BCUT2D eigenvalue weighted by atomic mass is 10.2. The van der Waals surface area contributed by atoms with Crippen LogP contribution >= 0.6 is 0 Å². The lowest BCUT2D eigenvalue weighted by Gasteiger charge is -2.17. The number of para-hydroxylation sites is 2. The van der Waals surface area contributed by atoms with Crippen LogP contribution in [0.3, 0.4) is 0 Å². The Bertz CT molecular complexity index is 1430. The van der Waals surface area contributed by atoms with Gasteiger partial charge < -0.3 is 9.47 Å². The lowest BCUT2D eigenvalue weighted by Crippen LogP contribution is -2.34. The van der Waals surface area contributed by atoms with E-state index < -0.39 is 21.5 Å². The van der Waals surface area contributed by atoms with Crippen molar-refractivity contribution in [2.75, 3.05) is 17.2 Å². The highest BCUT2D eigenvalue weighted by molar-refractivity contribution is 7.92. The molecule has 0 fully saturated rings. The fraction of sp³-hybridized carbons (Fsp3) is 0.160. The summed E-state index contributed by atoms with van der Waals surface area (Å²) in [7, 11) is -3.88. The molecular formula is C25H21FN2O3S. The zero-order valence-corrected chi connectivity index (χ0v) is 18.1. The molecule has 5 rings (SSSR count). The van der Waals surface area contributed by atoms with Gasteiger partial charge in [0.1, 0.15) is 11.6 Å². The molecule has 0 unspecified atom stereocenters. The number of fused-ring (bicyclic) bond motifs is 2. The van der Waals surface area contributed by atoms with Crippen molar-refractivity contribution in [3.05, 3.63) is 95.9 Å². The molecule has 0 radical (unpaired) electrons. The van der Waals surface area contributed by atoms with Gasteiger partial charge in [-0.25, -0.2) is 12.8 Å². The minimum Gasteiger partial charge on any atom is -0.342 e. The van der Waals surface area contributed by atoms with Crippen molar-refractivity contribution in [1.29, 1.82) is 0 Å². The molecule has 0 saturated heterocycles. The minimum absolute atomic E-state index is 0.135. The van der Waals surface area contributed by atoms with Crippen LogP contribution in [0.2, 0.25) is 0 Å². The smallest absolute Gasteiger partial charge is 0.242 e. The first-order valence-corrected chi connectivity index (χ1v) is 12.0. The topological polar surface area (TPSA) is 59.4 Å². The van der Waals surface area contributed by atoms with E-state index in [4.69, 9.17) is 0 Å². The summed E-state index contributed by atoms with van der Waals surface area (Å²) in [6.07, 6.45) is 2.30. The van der Waals surface area contributed by atoms with Gasteiger partial charge in [-0.2, -0.15) is 0 Å². The summed E-state index contributed by atoms with van der Waals surface area (Å²) in [4.78, 5) is 14.7. The van der Waals surface area contributed by atoms with Crippen LogP contribution < -0.4 is 4.90 Å². The van der Waals surface area contributed by atoms with Gasteiger partial charge in [-0.3, -0.25) is 4.79 Å². The van der Waals surface area contributed by atoms with Crippen molar-refractivity contribution < 1.29 is 17.6 Å². The normalized spacial score (nSPS) is 13.5. The van der Waals surface area contributed by atoms with E-state index in [2.05, 4.69) is 0 Å². The number of halogens is 1. The van der Waals surface area contributed by atoms with E-state index in [0.717, 1.165) is 28.8 Å². The van der Waals surface area contributed by atoms with Crippen LogP contribution in [0.4, 0.5) is 10.1 Å². The molecule has 32 heavy (non-hydrogen) atoms. The largest absolute Gasteiger partial charge is 0.342 e. The zero-order valence-electron chi connectivity index (χ0n) is 17.2. The van der Waals surface area contributed by atoms with Crippen molar-refractivity contribution in [2.24, 2.45) is 0 Å². The summed E-state index contributed by atoms with van der Waals surface area (Å²) in [5, 5.41) is 0.573. The molecule has 0 N–H and O–H groups in total. The van der Waals surface area contributed by atoms with Crippen LogP contribution in [-0.2, 0) is 27.6 Å². The molecule has 1 amide bonds. The Kier molecular flexibility index (Phi) is 5.06. The van der Waals surface area contributed by atoms with Crippen LogP contribution in [-0.4, -0.2) is 31.2 Å². The SMILES string of the molecule is O=C(CS(=O)(=O)c1cn(Cc2ccc(F)cc2)c2ccccc12)N1CCc2ccccc21. The maximum absolute atomic E-state index is 13.3. The van der Waals surface area contributed by atoms with Crippen molar-refractivity contribution in [1.82, 2.24) is 4.57 Å². The summed E-state index contributed by atoms with van der Waals surface area (Å²) >= 11 is 0. The molecule has 3 aromatic carbocycles. The number of hydrogen-bond acceptors (Lipinski definition) is 3. The third-order valence-electron chi connectivity index (χ3n) is 5.85.